The maximum Gasteiger partial charge on any atom is 0.326 e. The molecule has 1 aromatic carbocycles. The third-order valence-electron chi connectivity index (χ3n) is 2.67. The van der Waals surface area contributed by atoms with E-state index in [1.807, 2.05) is 19.1 Å². The molecule has 0 aliphatic rings. The predicted octanol–water partition coefficient (Wildman–Crippen LogP) is 3.17. The molecule has 0 aliphatic carbocycles. The van der Waals surface area contributed by atoms with Crippen LogP contribution < -0.4 is 5.32 Å². The highest BCUT2D eigenvalue weighted by atomic mass is 32.2. The standard InChI is InChI=1S/C15H21NO3S/c1-4-5-13(15(18)19)16-14(17)11-6-8-12(9-7-11)20-10(2)3/h6-10,13H,4-5H2,1-3H3,(H,16,17)(H,18,19). The van der Waals surface area contributed by atoms with Crippen LogP contribution in [0, 0.1) is 0 Å². The zero-order chi connectivity index (χ0) is 15.1. The van der Waals surface area contributed by atoms with E-state index in [1.165, 1.54) is 0 Å². The minimum absolute atomic E-state index is 0.341. The van der Waals surface area contributed by atoms with E-state index in [2.05, 4.69) is 19.2 Å². The first-order valence-corrected chi connectivity index (χ1v) is 7.62. The quantitative estimate of drug-likeness (QED) is 0.758. The molecule has 0 bridgehead atoms. The van der Waals surface area contributed by atoms with E-state index in [-0.39, 0.29) is 5.91 Å². The third kappa shape index (κ3) is 5.25. The van der Waals surface area contributed by atoms with Gasteiger partial charge in [0, 0.05) is 15.7 Å². The Morgan fingerprint density at radius 3 is 2.30 bits per heavy atom. The molecule has 1 aromatic rings. The number of nitrogens with one attached hydrogen (secondary N) is 1. The van der Waals surface area contributed by atoms with Gasteiger partial charge >= 0.3 is 5.97 Å². The fraction of sp³-hybridized carbons (Fsp3) is 0.467. The average molecular weight is 295 g/mol. The zero-order valence-corrected chi connectivity index (χ0v) is 12.9. The molecule has 0 radical (unpaired) electrons. The molecule has 0 spiro atoms. The zero-order valence-electron chi connectivity index (χ0n) is 12.1. The van der Waals surface area contributed by atoms with E-state index in [0.29, 0.717) is 23.7 Å². The number of aliphatic carboxylic acids is 1. The number of carbonyl (C=O) groups is 2. The molecule has 0 fully saturated rings. The predicted molar refractivity (Wildman–Crippen MR) is 81.2 cm³/mol. The molecule has 110 valence electrons. The molecule has 1 atom stereocenters. The molecule has 20 heavy (non-hydrogen) atoms. The summed E-state index contributed by atoms with van der Waals surface area (Å²) in [7, 11) is 0. The summed E-state index contributed by atoms with van der Waals surface area (Å²) in [6.45, 7) is 6.10. The number of carboxylic acid groups (broad SMARTS) is 1. The summed E-state index contributed by atoms with van der Waals surface area (Å²) in [6, 6.07) is 6.40. The Morgan fingerprint density at radius 2 is 1.85 bits per heavy atom. The molecular weight excluding hydrogens is 274 g/mol. The number of thioether (sulfide) groups is 1. The second kappa shape index (κ2) is 7.94. The number of hydrogen-bond donors (Lipinski definition) is 2. The molecular formula is C15H21NO3S. The Bertz CT molecular complexity index is 457. The Hall–Kier alpha value is -1.49. The molecule has 0 aromatic heterocycles. The Morgan fingerprint density at radius 1 is 1.25 bits per heavy atom. The van der Waals surface area contributed by atoms with Crippen LogP contribution in [0.4, 0.5) is 0 Å². The molecule has 2 N–H and O–H groups in total. The van der Waals surface area contributed by atoms with Crippen molar-refractivity contribution in [3.8, 4) is 0 Å². The van der Waals surface area contributed by atoms with Crippen LogP contribution in [0.5, 0.6) is 0 Å². The third-order valence-corrected chi connectivity index (χ3v) is 3.68. The van der Waals surface area contributed by atoms with Gasteiger partial charge in [-0.05, 0) is 30.7 Å². The topological polar surface area (TPSA) is 66.4 Å². The minimum atomic E-state index is -0.993. The lowest BCUT2D eigenvalue weighted by molar-refractivity contribution is -0.139. The van der Waals surface area contributed by atoms with Crippen LogP contribution in [0.15, 0.2) is 29.2 Å². The summed E-state index contributed by atoms with van der Waals surface area (Å²) in [5, 5.41) is 12.1. The number of carbonyl (C=O) groups excluding carboxylic acids is 1. The maximum atomic E-state index is 12.0. The van der Waals surface area contributed by atoms with Crippen molar-refractivity contribution in [2.75, 3.05) is 0 Å². The van der Waals surface area contributed by atoms with Gasteiger partial charge in [0.15, 0.2) is 0 Å². The van der Waals surface area contributed by atoms with E-state index in [0.717, 1.165) is 4.90 Å². The van der Waals surface area contributed by atoms with Crippen molar-refractivity contribution >= 4 is 23.6 Å². The van der Waals surface area contributed by atoms with Gasteiger partial charge in [-0.1, -0.05) is 27.2 Å². The van der Waals surface area contributed by atoms with Crippen molar-refractivity contribution in [2.24, 2.45) is 0 Å². The average Bonchev–Trinajstić information content (AvgIpc) is 2.38. The summed E-state index contributed by atoms with van der Waals surface area (Å²) >= 11 is 1.72. The molecule has 5 heteroatoms. The SMILES string of the molecule is CCCC(NC(=O)c1ccc(SC(C)C)cc1)C(=O)O. The molecule has 4 nitrogen and oxygen atoms in total. The second-order valence-electron chi connectivity index (χ2n) is 4.84. The van der Waals surface area contributed by atoms with Crippen molar-refractivity contribution < 1.29 is 14.7 Å². The van der Waals surface area contributed by atoms with Gasteiger partial charge in [0.2, 0.25) is 0 Å². The van der Waals surface area contributed by atoms with Gasteiger partial charge in [-0.3, -0.25) is 4.79 Å². The molecule has 0 saturated carbocycles. The van der Waals surface area contributed by atoms with E-state index in [1.54, 1.807) is 23.9 Å². The summed E-state index contributed by atoms with van der Waals surface area (Å²) in [5.41, 5.74) is 0.487. The fourth-order valence-corrected chi connectivity index (χ4v) is 2.58. The van der Waals surface area contributed by atoms with E-state index in [9.17, 15) is 9.59 Å². The highest BCUT2D eigenvalue weighted by Gasteiger charge is 2.19. The lowest BCUT2D eigenvalue weighted by atomic mass is 10.1. The van der Waals surface area contributed by atoms with Crippen molar-refractivity contribution in [1.82, 2.24) is 5.32 Å². The highest BCUT2D eigenvalue weighted by molar-refractivity contribution is 7.99. The first kappa shape index (κ1) is 16.6. The van der Waals surface area contributed by atoms with E-state index < -0.39 is 12.0 Å². The van der Waals surface area contributed by atoms with Crippen LogP contribution in [-0.4, -0.2) is 28.3 Å². The summed E-state index contributed by atoms with van der Waals surface area (Å²) in [4.78, 5) is 24.1. The molecule has 0 aliphatic heterocycles. The van der Waals surface area contributed by atoms with Crippen molar-refractivity contribution in [2.45, 2.75) is 49.8 Å². The maximum absolute atomic E-state index is 12.0. The van der Waals surface area contributed by atoms with Gasteiger partial charge in [-0.25, -0.2) is 4.79 Å². The largest absolute Gasteiger partial charge is 0.480 e. The van der Waals surface area contributed by atoms with Crippen LogP contribution in [0.2, 0.25) is 0 Å². The lowest BCUT2D eigenvalue weighted by Crippen LogP contribution is -2.40. The summed E-state index contributed by atoms with van der Waals surface area (Å²) in [5.74, 6) is -1.33. The smallest absolute Gasteiger partial charge is 0.326 e. The molecule has 1 unspecified atom stereocenters. The summed E-state index contributed by atoms with van der Waals surface area (Å²) < 4.78 is 0. The minimum Gasteiger partial charge on any atom is -0.480 e. The number of hydrogen-bond acceptors (Lipinski definition) is 3. The lowest BCUT2D eigenvalue weighted by Gasteiger charge is -2.13. The van der Waals surface area contributed by atoms with Crippen molar-refractivity contribution in [1.29, 1.82) is 0 Å². The molecule has 0 saturated heterocycles. The first-order chi connectivity index (χ1) is 9.43. The Labute approximate surface area is 124 Å². The normalized spacial score (nSPS) is 12.2. The summed E-state index contributed by atoms with van der Waals surface area (Å²) in [6.07, 6.45) is 1.14. The van der Waals surface area contributed by atoms with Crippen LogP contribution in [0.25, 0.3) is 0 Å². The second-order valence-corrected chi connectivity index (χ2v) is 6.49. The first-order valence-electron chi connectivity index (χ1n) is 6.74. The van der Waals surface area contributed by atoms with Crippen LogP contribution in [0.3, 0.4) is 0 Å². The Balaban J connectivity index is 2.69. The Kier molecular flexibility index (Phi) is 6.58. The molecule has 1 rings (SSSR count). The number of carboxylic acids is 1. The number of amides is 1. The van der Waals surface area contributed by atoms with Crippen LogP contribution in [0.1, 0.15) is 44.0 Å². The fourth-order valence-electron chi connectivity index (χ4n) is 1.74. The van der Waals surface area contributed by atoms with E-state index in [4.69, 9.17) is 5.11 Å². The molecule has 1 amide bonds. The van der Waals surface area contributed by atoms with Crippen LogP contribution in [-0.2, 0) is 4.79 Å². The van der Waals surface area contributed by atoms with Gasteiger partial charge in [-0.15, -0.1) is 11.8 Å². The van der Waals surface area contributed by atoms with Gasteiger partial charge in [-0.2, -0.15) is 0 Å². The van der Waals surface area contributed by atoms with Gasteiger partial charge in [0.25, 0.3) is 5.91 Å². The van der Waals surface area contributed by atoms with Crippen molar-refractivity contribution in [3.63, 3.8) is 0 Å². The van der Waals surface area contributed by atoms with Crippen LogP contribution >= 0.6 is 11.8 Å². The van der Waals surface area contributed by atoms with Gasteiger partial charge in [0.1, 0.15) is 6.04 Å². The van der Waals surface area contributed by atoms with Crippen molar-refractivity contribution in [3.05, 3.63) is 29.8 Å². The number of rotatable bonds is 7. The van der Waals surface area contributed by atoms with Gasteiger partial charge in [0.05, 0.1) is 0 Å². The highest BCUT2D eigenvalue weighted by Crippen LogP contribution is 2.22. The van der Waals surface area contributed by atoms with E-state index >= 15 is 0 Å². The van der Waals surface area contributed by atoms with Gasteiger partial charge < -0.3 is 10.4 Å². The number of benzene rings is 1. The molecule has 0 heterocycles. The monoisotopic (exact) mass is 295 g/mol.